The number of nitrogens with one attached hydrogen (secondary N) is 1. The van der Waals surface area contributed by atoms with Gasteiger partial charge in [0.2, 0.25) is 0 Å². The maximum atomic E-state index is 13.4. The van der Waals surface area contributed by atoms with E-state index in [1.165, 1.54) is 12.1 Å². The maximum absolute atomic E-state index is 13.4. The third-order valence-electron chi connectivity index (χ3n) is 6.54. The molecule has 2 aromatic carbocycles. The Bertz CT molecular complexity index is 1380. The van der Waals surface area contributed by atoms with E-state index in [-0.39, 0.29) is 16.9 Å². The lowest BCUT2D eigenvalue weighted by molar-refractivity contribution is -0.0312. The molecule has 160 valence electrons. The molecule has 32 heavy (non-hydrogen) atoms. The molecule has 0 saturated heterocycles. The number of hydrogen-bond donors (Lipinski definition) is 1. The van der Waals surface area contributed by atoms with Gasteiger partial charge in [0.15, 0.2) is 11.5 Å². The number of rotatable bonds is 2. The van der Waals surface area contributed by atoms with Crippen LogP contribution in [-0.2, 0) is 10.3 Å². The molecule has 4 aromatic rings. The van der Waals surface area contributed by atoms with Crippen molar-refractivity contribution in [3.8, 4) is 11.4 Å². The van der Waals surface area contributed by atoms with Crippen LogP contribution in [0.15, 0.2) is 48.7 Å². The highest BCUT2D eigenvalue weighted by Gasteiger charge is 2.47. The molecule has 1 aliphatic heterocycles. The number of aromatic nitrogens is 4. The summed E-state index contributed by atoms with van der Waals surface area (Å²) >= 11 is 6.16. The Balaban J connectivity index is 1.26. The Labute approximate surface area is 187 Å². The van der Waals surface area contributed by atoms with E-state index < -0.39 is 11.4 Å². The van der Waals surface area contributed by atoms with Crippen molar-refractivity contribution in [3.63, 3.8) is 0 Å². The van der Waals surface area contributed by atoms with Gasteiger partial charge in [-0.2, -0.15) is 0 Å². The summed E-state index contributed by atoms with van der Waals surface area (Å²) in [6.07, 6.45) is 4.85. The minimum atomic E-state index is -0.525. The van der Waals surface area contributed by atoms with Gasteiger partial charge in [-0.1, -0.05) is 29.8 Å². The second kappa shape index (κ2) is 7.10. The summed E-state index contributed by atoms with van der Waals surface area (Å²) in [5, 5.41) is 0.254. The molecule has 1 aliphatic carbocycles. The zero-order valence-electron chi connectivity index (χ0n) is 16.9. The smallest absolute Gasteiger partial charge is 0.339 e. The van der Waals surface area contributed by atoms with E-state index >= 15 is 0 Å². The highest BCUT2D eigenvalue weighted by molar-refractivity contribution is 6.33. The van der Waals surface area contributed by atoms with Gasteiger partial charge in [-0.25, -0.2) is 24.1 Å². The first-order valence-corrected chi connectivity index (χ1v) is 10.9. The molecule has 2 aromatic heterocycles. The highest BCUT2D eigenvalue weighted by atomic mass is 35.5. The molecule has 6 rings (SSSR count). The monoisotopic (exact) mass is 448 g/mol. The maximum Gasteiger partial charge on any atom is 0.339 e. The van der Waals surface area contributed by atoms with Crippen molar-refractivity contribution in [2.75, 3.05) is 0 Å². The van der Waals surface area contributed by atoms with E-state index in [2.05, 4.69) is 15.0 Å². The number of benzene rings is 2. The van der Waals surface area contributed by atoms with E-state index in [9.17, 15) is 9.18 Å². The van der Waals surface area contributed by atoms with E-state index in [0.29, 0.717) is 22.6 Å². The Morgan fingerprint density at radius 3 is 2.72 bits per heavy atom. The summed E-state index contributed by atoms with van der Waals surface area (Å²) in [6.45, 7) is 0. The minimum Gasteiger partial charge on any atom is -0.451 e. The van der Waals surface area contributed by atoms with Crippen molar-refractivity contribution >= 4 is 28.7 Å². The predicted molar refractivity (Wildman–Crippen MR) is 117 cm³/mol. The van der Waals surface area contributed by atoms with E-state index in [4.69, 9.17) is 21.3 Å². The number of H-pyrrole nitrogens is 1. The van der Waals surface area contributed by atoms with Gasteiger partial charge in [0.05, 0.1) is 16.8 Å². The van der Waals surface area contributed by atoms with Crippen molar-refractivity contribution in [1.82, 2.24) is 19.9 Å². The number of hydrogen-bond acceptors (Lipinski definition) is 5. The van der Waals surface area contributed by atoms with Crippen molar-refractivity contribution in [1.29, 1.82) is 0 Å². The van der Waals surface area contributed by atoms with Gasteiger partial charge in [-0.15, -0.1) is 0 Å². The first-order chi connectivity index (χ1) is 15.5. The zero-order valence-corrected chi connectivity index (χ0v) is 17.7. The highest BCUT2D eigenvalue weighted by Crippen LogP contribution is 2.49. The molecule has 1 spiro atoms. The van der Waals surface area contributed by atoms with Gasteiger partial charge in [0, 0.05) is 17.0 Å². The SMILES string of the molecule is O=C1OC2(CCC(c3nc4nc(-c5ccc(F)cc5Cl)ncc4[nH]3)CC2)c2ccccc21. The topological polar surface area (TPSA) is 80.8 Å². The van der Waals surface area contributed by atoms with Crippen LogP contribution in [0.5, 0.6) is 0 Å². The van der Waals surface area contributed by atoms with Gasteiger partial charge in [0.1, 0.15) is 22.8 Å². The molecule has 0 bridgehead atoms. The second-order valence-electron chi connectivity index (χ2n) is 8.38. The lowest BCUT2D eigenvalue weighted by Gasteiger charge is -2.35. The van der Waals surface area contributed by atoms with Gasteiger partial charge in [-0.3, -0.25) is 0 Å². The number of esters is 1. The van der Waals surface area contributed by atoms with Crippen LogP contribution in [0.3, 0.4) is 0 Å². The van der Waals surface area contributed by atoms with E-state index in [1.54, 1.807) is 12.3 Å². The first kappa shape index (κ1) is 19.4. The molecule has 6 nitrogen and oxygen atoms in total. The molecule has 8 heteroatoms. The van der Waals surface area contributed by atoms with Crippen molar-refractivity contribution < 1.29 is 13.9 Å². The molecule has 3 heterocycles. The van der Waals surface area contributed by atoms with Gasteiger partial charge >= 0.3 is 5.97 Å². The van der Waals surface area contributed by atoms with Crippen LogP contribution in [0.2, 0.25) is 5.02 Å². The summed E-state index contributed by atoms with van der Waals surface area (Å²) in [7, 11) is 0. The van der Waals surface area contributed by atoms with Gasteiger partial charge in [0.25, 0.3) is 0 Å². The van der Waals surface area contributed by atoms with Crippen LogP contribution in [0.1, 0.15) is 53.3 Å². The van der Waals surface area contributed by atoms with E-state index in [0.717, 1.165) is 42.6 Å². The molecule has 0 amide bonds. The third kappa shape index (κ3) is 2.99. The largest absolute Gasteiger partial charge is 0.451 e. The lowest BCUT2D eigenvalue weighted by atomic mass is 9.75. The number of imidazole rings is 1. The average Bonchev–Trinajstić information content (AvgIpc) is 3.33. The Morgan fingerprint density at radius 2 is 1.91 bits per heavy atom. The number of aromatic amines is 1. The fourth-order valence-electron chi connectivity index (χ4n) is 4.89. The second-order valence-corrected chi connectivity index (χ2v) is 8.79. The quantitative estimate of drug-likeness (QED) is 0.407. The summed E-state index contributed by atoms with van der Waals surface area (Å²) in [5.74, 6) is 0.818. The van der Waals surface area contributed by atoms with Crippen molar-refractivity contribution in [2.24, 2.45) is 0 Å². The van der Waals surface area contributed by atoms with Crippen LogP contribution in [0, 0.1) is 5.82 Å². The Kier molecular flexibility index (Phi) is 4.30. The molecule has 0 unspecified atom stereocenters. The van der Waals surface area contributed by atoms with E-state index in [1.807, 2.05) is 24.3 Å². The Hall–Kier alpha value is -3.32. The fraction of sp³-hybridized carbons (Fsp3) is 0.250. The zero-order chi connectivity index (χ0) is 21.9. The predicted octanol–water partition coefficient (Wildman–Crippen LogP) is 5.54. The fourth-order valence-corrected chi connectivity index (χ4v) is 5.15. The molecule has 1 N–H and O–H groups in total. The van der Waals surface area contributed by atoms with Crippen LogP contribution >= 0.6 is 11.6 Å². The Morgan fingerprint density at radius 1 is 1.09 bits per heavy atom. The molecule has 2 aliphatic rings. The van der Waals surface area contributed by atoms with Crippen molar-refractivity contribution in [2.45, 2.75) is 37.2 Å². The number of ether oxygens (including phenoxy) is 1. The molecule has 0 radical (unpaired) electrons. The average molecular weight is 449 g/mol. The summed E-state index contributed by atoms with van der Waals surface area (Å²) in [5.41, 5.74) is 2.99. The number of halogens is 2. The molecule has 1 fully saturated rings. The standard InChI is InChI=1S/C24H18ClFN4O2/c25-18-11-14(26)5-6-16(18)21-27-12-19-22(30-21)29-20(28-19)13-7-9-24(10-8-13)17-4-2-1-3-15(17)23(31)32-24/h1-6,11-13H,7-10H2,(H,27,28,29,30). The van der Waals surface area contributed by atoms with Crippen LogP contribution in [0.25, 0.3) is 22.6 Å². The summed E-state index contributed by atoms with van der Waals surface area (Å²) in [6, 6.07) is 11.8. The summed E-state index contributed by atoms with van der Waals surface area (Å²) < 4.78 is 19.2. The number of carbonyl (C=O) groups is 1. The number of fused-ring (bicyclic) bond motifs is 3. The van der Waals surface area contributed by atoms with Crippen LogP contribution in [0.4, 0.5) is 4.39 Å². The lowest BCUT2D eigenvalue weighted by Crippen LogP contribution is -2.31. The molecule has 0 atom stereocenters. The molecular weight excluding hydrogens is 431 g/mol. The number of carbonyl (C=O) groups excluding carboxylic acids is 1. The molecular formula is C24H18ClFN4O2. The van der Waals surface area contributed by atoms with Crippen molar-refractivity contribution in [3.05, 3.63) is 76.5 Å². The third-order valence-corrected chi connectivity index (χ3v) is 6.85. The van der Waals surface area contributed by atoms with Crippen LogP contribution in [-0.4, -0.2) is 25.9 Å². The van der Waals surface area contributed by atoms with Crippen LogP contribution < -0.4 is 0 Å². The number of nitrogens with zero attached hydrogens (tertiary/aromatic N) is 3. The van der Waals surface area contributed by atoms with Gasteiger partial charge < -0.3 is 9.72 Å². The normalized spacial score (nSPS) is 22.3. The van der Waals surface area contributed by atoms with Gasteiger partial charge in [-0.05, 0) is 49.9 Å². The summed E-state index contributed by atoms with van der Waals surface area (Å²) in [4.78, 5) is 29.3. The molecule has 1 saturated carbocycles. The first-order valence-electron chi connectivity index (χ1n) is 10.5. The minimum absolute atomic E-state index is 0.208.